The number of carbonyl (C=O) groups is 1. The molecule has 2 N–H and O–H groups in total. The first-order chi connectivity index (χ1) is 6.56. The van der Waals surface area contributed by atoms with Crippen LogP contribution in [0.3, 0.4) is 0 Å². The van der Waals surface area contributed by atoms with Crippen LogP contribution in [0.5, 0.6) is 0 Å². The van der Waals surface area contributed by atoms with Crippen molar-refractivity contribution in [3.63, 3.8) is 0 Å². The molecule has 0 radical (unpaired) electrons. The maximum absolute atomic E-state index is 11.1. The number of nitrogen functional groups attached to an aromatic ring is 1. The quantitative estimate of drug-likeness (QED) is 0.575. The molecule has 0 amide bonds. The van der Waals surface area contributed by atoms with E-state index in [4.69, 9.17) is 5.73 Å². The van der Waals surface area contributed by atoms with E-state index < -0.39 is 0 Å². The topological polar surface area (TPSA) is 52.3 Å². The molecular formula is C11H13NO2. The molecule has 0 aliphatic heterocycles. The van der Waals surface area contributed by atoms with Gasteiger partial charge in [0.2, 0.25) is 0 Å². The first-order valence-electron chi connectivity index (χ1n) is 4.20. The molecule has 0 aliphatic carbocycles. The third kappa shape index (κ3) is 1.93. The first-order valence-corrected chi connectivity index (χ1v) is 4.20. The van der Waals surface area contributed by atoms with Crippen LogP contribution in [0.15, 0.2) is 24.8 Å². The molecule has 1 aromatic carbocycles. The SMILES string of the molecule is C=C(C)c1ccc(C(=O)OC)cc1N. The lowest BCUT2D eigenvalue weighted by Crippen LogP contribution is -2.03. The monoisotopic (exact) mass is 191 g/mol. The highest BCUT2D eigenvalue weighted by molar-refractivity contribution is 5.91. The van der Waals surface area contributed by atoms with Crippen molar-refractivity contribution in [2.45, 2.75) is 6.92 Å². The molecule has 0 heterocycles. The molecule has 0 saturated carbocycles. The smallest absolute Gasteiger partial charge is 0.337 e. The van der Waals surface area contributed by atoms with E-state index in [9.17, 15) is 4.79 Å². The van der Waals surface area contributed by atoms with Gasteiger partial charge in [0, 0.05) is 5.69 Å². The van der Waals surface area contributed by atoms with Crippen molar-refractivity contribution < 1.29 is 9.53 Å². The highest BCUT2D eigenvalue weighted by Gasteiger charge is 2.07. The normalized spacial score (nSPS) is 9.57. The molecule has 14 heavy (non-hydrogen) atoms. The number of rotatable bonds is 2. The van der Waals surface area contributed by atoms with E-state index in [0.29, 0.717) is 11.3 Å². The average Bonchev–Trinajstić information content (AvgIpc) is 2.15. The Morgan fingerprint density at radius 1 is 1.50 bits per heavy atom. The summed E-state index contributed by atoms with van der Waals surface area (Å²) in [6, 6.07) is 5.03. The van der Waals surface area contributed by atoms with Crippen molar-refractivity contribution >= 4 is 17.2 Å². The highest BCUT2D eigenvalue weighted by Crippen LogP contribution is 2.21. The van der Waals surface area contributed by atoms with E-state index in [-0.39, 0.29) is 5.97 Å². The molecular weight excluding hydrogens is 178 g/mol. The highest BCUT2D eigenvalue weighted by atomic mass is 16.5. The summed E-state index contributed by atoms with van der Waals surface area (Å²) in [5, 5.41) is 0. The molecule has 1 rings (SSSR count). The van der Waals surface area contributed by atoms with Crippen LogP contribution in [-0.2, 0) is 4.74 Å². The molecule has 74 valence electrons. The minimum atomic E-state index is -0.384. The van der Waals surface area contributed by atoms with E-state index in [0.717, 1.165) is 11.1 Å². The summed E-state index contributed by atoms with van der Waals surface area (Å²) in [4.78, 5) is 11.1. The van der Waals surface area contributed by atoms with Crippen molar-refractivity contribution in [1.82, 2.24) is 0 Å². The molecule has 0 bridgehead atoms. The van der Waals surface area contributed by atoms with Crippen LogP contribution in [0.2, 0.25) is 0 Å². The first kappa shape index (κ1) is 10.3. The zero-order valence-corrected chi connectivity index (χ0v) is 8.33. The molecule has 0 unspecified atom stereocenters. The summed E-state index contributed by atoms with van der Waals surface area (Å²) >= 11 is 0. The Morgan fingerprint density at radius 2 is 2.14 bits per heavy atom. The standard InChI is InChI=1S/C11H13NO2/c1-7(2)9-5-4-8(6-10(9)12)11(13)14-3/h4-6H,1,12H2,2-3H3. The third-order valence-electron chi connectivity index (χ3n) is 1.93. The number of nitrogens with two attached hydrogens (primary N) is 1. The van der Waals surface area contributed by atoms with Crippen molar-refractivity contribution in [3.05, 3.63) is 35.9 Å². The lowest BCUT2D eigenvalue weighted by molar-refractivity contribution is 0.0601. The van der Waals surface area contributed by atoms with E-state index in [2.05, 4.69) is 11.3 Å². The predicted octanol–water partition coefficient (Wildman–Crippen LogP) is 2.09. The second-order valence-corrected chi connectivity index (χ2v) is 3.07. The average molecular weight is 191 g/mol. The van der Waals surface area contributed by atoms with Crippen molar-refractivity contribution in [2.75, 3.05) is 12.8 Å². The number of ether oxygens (including phenoxy) is 1. The molecule has 0 saturated heterocycles. The van der Waals surface area contributed by atoms with Gasteiger partial charge in [0.15, 0.2) is 0 Å². The fourth-order valence-corrected chi connectivity index (χ4v) is 1.20. The number of anilines is 1. The van der Waals surface area contributed by atoms with E-state index in [1.165, 1.54) is 7.11 Å². The van der Waals surface area contributed by atoms with Gasteiger partial charge >= 0.3 is 5.97 Å². The van der Waals surface area contributed by atoms with E-state index in [1.54, 1.807) is 18.2 Å². The zero-order chi connectivity index (χ0) is 10.7. The lowest BCUT2D eigenvalue weighted by Gasteiger charge is -2.06. The molecule has 0 aliphatic rings. The minimum absolute atomic E-state index is 0.384. The maximum atomic E-state index is 11.1. The number of allylic oxidation sites excluding steroid dienone is 1. The Kier molecular flexibility index (Phi) is 2.92. The molecule has 0 atom stereocenters. The Bertz CT molecular complexity index is 383. The van der Waals surface area contributed by atoms with Crippen LogP contribution in [0.4, 0.5) is 5.69 Å². The summed E-state index contributed by atoms with van der Waals surface area (Å²) in [6.45, 7) is 5.65. The lowest BCUT2D eigenvalue weighted by atomic mass is 10.0. The van der Waals surface area contributed by atoms with Gasteiger partial charge in [-0.05, 0) is 30.2 Å². The number of carbonyl (C=O) groups excluding carboxylic acids is 1. The summed E-state index contributed by atoms with van der Waals surface area (Å²) in [5.41, 5.74) is 8.47. The fraction of sp³-hybridized carbons (Fsp3) is 0.182. The van der Waals surface area contributed by atoms with Crippen LogP contribution in [0.1, 0.15) is 22.8 Å². The van der Waals surface area contributed by atoms with Gasteiger partial charge in [0.05, 0.1) is 12.7 Å². The Morgan fingerprint density at radius 3 is 2.57 bits per heavy atom. The largest absolute Gasteiger partial charge is 0.465 e. The second kappa shape index (κ2) is 3.96. The zero-order valence-electron chi connectivity index (χ0n) is 8.33. The van der Waals surface area contributed by atoms with Gasteiger partial charge in [-0.1, -0.05) is 12.6 Å². The van der Waals surface area contributed by atoms with Gasteiger partial charge in [0.1, 0.15) is 0 Å². The van der Waals surface area contributed by atoms with Crippen LogP contribution in [0.25, 0.3) is 5.57 Å². The third-order valence-corrected chi connectivity index (χ3v) is 1.93. The number of methoxy groups -OCH3 is 1. The number of hydrogen-bond donors (Lipinski definition) is 1. The molecule has 0 aromatic heterocycles. The van der Waals surface area contributed by atoms with Gasteiger partial charge in [-0.15, -0.1) is 0 Å². The summed E-state index contributed by atoms with van der Waals surface area (Å²) in [6.07, 6.45) is 0. The van der Waals surface area contributed by atoms with Crippen LogP contribution >= 0.6 is 0 Å². The molecule has 0 spiro atoms. The summed E-state index contributed by atoms with van der Waals surface area (Å²) in [7, 11) is 1.34. The Labute approximate surface area is 83.2 Å². The van der Waals surface area contributed by atoms with Crippen molar-refractivity contribution in [3.8, 4) is 0 Å². The Hall–Kier alpha value is -1.77. The number of benzene rings is 1. The second-order valence-electron chi connectivity index (χ2n) is 3.07. The van der Waals surface area contributed by atoms with Crippen molar-refractivity contribution in [1.29, 1.82) is 0 Å². The van der Waals surface area contributed by atoms with E-state index in [1.807, 2.05) is 6.92 Å². The molecule has 3 heteroatoms. The number of esters is 1. The molecule has 3 nitrogen and oxygen atoms in total. The van der Waals surface area contributed by atoms with E-state index >= 15 is 0 Å². The van der Waals surface area contributed by atoms with Crippen molar-refractivity contribution in [2.24, 2.45) is 0 Å². The van der Waals surface area contributed by atoms with Gasteiger partial charge < -0.3 is 10.5 Å². The molecule has 1 aromatic rings. The van der Waals surface area contributed by atoms with Crippen LogP contribution in [0, 0.1) is 0 Å². The predicted molar refractivity (Wildman–Crippen MR) is 56.9 cm³/mol. The van der Waals surface area contributed by atoms with Crippen LogP contribution < -0.4 is 5.73 Å². The Balaban J connectivity index is 3.12. The number of hydrogen-bond acceptors (Lipinski definition) is 3. The van der Waals surface area contributed by atoms with Gasteiger partial charge in [-0.2, -0.15) is 0 Å². The van der Waals surface area contributed by atoms with Crippen LogP contribution in [-0.4, -0.2) is 13.1 Å². The summed E-state index contributed by atoms with van der Waals surface area (Å²) < 4.78 is 4.57. The van der Waals surface area contributed by atoms with Gasteiger partial charge in [0.25, 0.3) is 0 Å². The van der Waals surface area contributed by atoms with Gasteiger partial charge in [-0.25, -0.2) is 4.79 Å². The molecule has 0 fully saturated rings. The van der Waals surface area contributed by atoms with Gasteiger partial charge in [-0.3, -0.25) is 0 Å². The summed E-state index contributed by atoms with van der Waals surface area (Å²) in [5.74, 6) is -0.384. The fourth-order valence-electron chi connectivity index (χ4n) is 1.20. The maximum Gasteiger partial charge on any atom is 0.337 e. The minimum Gasteiger partial charge on any atom is -0.465 e.